The SMILES string of the molecule is CC[C@H](Sc1nc2ccccc2c2nc(CCc3c(C)n[nH]c3C)nn12)C(=O)Nc1ccc(OC)cc1. The molecule has 3 aromatic heterocycles. The summed E-state index contributed by atoms with van der Waals surface area (Å²) < 4.78 is 6.98. The molecule has 0 aliphatic carbocycles. The molecule has 1 atom stereocenters. The number of hydrogen-bond donors (Lipinski definition) is 2. The van der Waals surface area contributed by atoms with Crippen LogP contribution in [0.4, 0.5) is 5.69 Å². The number of aromatic amines is 1. The van der Waals surface area contributed by atoms with Crippen molar-refractivity contribution in [1.82, 2.24) is 29.8 Å². The van der Waals surface area contributed by atoms with Crippen LogP contribution < -0.4 is 10.1 Å². The number of nitrogens with zero attached hydrogens (tertiary/aromatic N) is 5. The van der Waals surface area contributed by atoms with E-state index in [1.165, 1.54) is 17.3 Å². The van der Waals surface area contributed by atoms with Gasteiger partial charge in [-0.2, -0.15) is 9.61 Å². The zero-order chi connectivity index (χ0) is 25.9. The summed E-state index contributed by atoms with van der Waals surface area (Å²) in [5, 5.41) is 16.4. The molecule has 9 nitrogen and oxygen atoms in total. The lowest BCUT2D eigenvalue weighted by molar-refractivity contribution is -0.115. The Bertz CT molecular complexity index is 1540. The second-order valence-corrected chi connectivity index (χ2v) is 9.99. The van der Waals surface area contributed by atoms with Crippen molar-refractivity contribution < 1.29 is 9.53 Å². The predicted octanol–water partition coefficient (Wildman–Crippen LogP) is 4.92. The molecule has 0 saturated carbocycles. The third-order valence-electron chi connectivity index (χ3n) is 6.34. The van der Waals surface area contributed by atoms with E-state index in [1.54, 1.807) is 11.6 Å². The van der Waals surface area contributed by atoms with Crippen LogP contribution in [0.25, 0.3) is 16.6 Å². The van der Waals surface area contributed by atoms with Gasteiger partial charge in [-0.15, -0.1) is 5.10 Å². The highest BCUT2D eigenvalue weighted by molar-refractivity contribution is 8.00. The molecule has 37 heavy (non-hydrogen) atoms. The van der Waals surface area contributed by atoms with Gasteiger partial charge in [0.05, 0.1) is 23.6 Å². The Morgan fingerprint density at radius 2 is 1.89 bits per heavy atom. The molecule has 1 amide bonds. The van der Waals surface area contributed by atoms with Gasteiger partial charge in [0.25, 0.3) is 0 Å². The molecule has 0 unspecified atom stereocenters. The molecule has 5 aromatic rings. The van der Waals surface area contributed by atoms with Crippen LogP contribution in [0.15, 0.2) is 53.7 Å². The highest BCUT2D eigenvalue weighted by Crippen LogP contribution is 2.29. The molecule has 0 saturated heterocycles. The van der Waals surface area contributed by atoms with E-state index < -0.39 is 0 Å². The van der Waals surface area contributed by atoms with Crippen LogP contribution in [0.3, 0.4) is 0 Å². The number of H-pyrrole nitrogens is 1. The Morgan fingerprint density at radius 1 is 1.11 bits per heavy atom. The molecule has 0 fully saturated rings. The van der Waals surface area contributed by atoms with E-state index in [-0.39, 0.29) is 11.2 Å². The summed E-state index contributed by atoms with van der Waals surface area (Å²) in [5.74, 6) is 1.38. The molecular formula is C27H29N7O2S. The van der Waals surface area contributed by atoms with Crippen LogP contribution in [0, 0.1) is 13.8 Å². The fraction of sp³-hybridized carbons (Fsp3) is 0.296. The fourth-order valence-corrected chi connectivity index (χ4v) is 5.25. The highest BCUT2D eigenvalue weighted by Gasteiger charge is 2.23. The number of para-hydroxylation sites is 1. The molecule has 0 aliphatic heterocycles. The number of carbonyl (C=O) groups excluding carboxylic acids is 1. The molecule has 0 radical (unpaired) electrons. The lowest BCUT2D eigenvalue weighted by atomic mass is 10.1. The van der Waals surface area contributed by atoms with E-state index in [1.807, 2.05) is 69.3 Å². The van der Waals surface area contributed by atoms with Crippen molar-refractivity contribution in [2.24, 2.45) is 0 Å². The van der Waals surface area contributed by atoms with Crippen molar-refractivity contribution in [3.8, 4) is 5.75 Å². The molecule has 0 spiro atoms. The number of aromatic nitrogens is 6. The second-order valence-electron chi connectivity index (χ2n) is 8.82. The van der Waals surface area contributed by atoms with Gasteiger partial charge >= 0.3 is 0 Å². The summed E-state index contributed by atoms with van der Waals surface area (Å²) in [6.07, 6.45) is 2.10. The van der Waals surface area contributed by atoms with Gasteiger partial charge in [-0.25, -0.2) is 9.97 Å². The summed E-state index contributed by atoms with van der Waals surface area (Å²) in [6.45, 7) is 6.02. The fourth-order valence-electron chi connectivity index (χ4n) is 4.28. The Hall–Kier alpha value is -3.92. The van der Waals surface area contributed by atoms with Gasteiger partial charge in [0.15, 0.2) is 16.6 Å². The van der Waals surface area contributed by atoms with E-state index in [4.69, 9.17) is 19.8 Å². The number of amides is 1. The van der Waals surface area contributed by atoms with Crippen molar-refractivity contribution in [3.05, 3.63) is 71.3 Å². The second kappa shape index (κ2) is 10.6. The van der Waals surface area contributed by atoms with Crippen LogP contribution in [0.1, 0.15) is 36.1 Å². The maximum absolute atomic E-state index is 13.2. The minimum absolute atomic E-state index is 0.0907. The van der Waals surface area contributed by atoms with Gasteiger partial charge in [-0.3, -0.25) is 9.89 Å². The first kappa shape index (κ1) is 24.8. The number of nitrogens with one attached hydrogen (secondary N) is 2. The van der Waals surface area contributed by atoms with E-state index in [0.29, 0.717) is 23.7 Å². The van der Waals surface area contributed by atoms with Crippen LogP contribution >= 0.6 is 11.8 Å². The largest absolute Gasteiger partial charge is 0.497 e. The minimum Gasteiger partial charge on any atom is -0.497 e. The van der Waals surface area contributed by atoms with Crippen LogP contribution in [-0.2, 0) is 17.6 Å². The Morgan fingerprint density at radius 3 is 2.59 bits per heavy atom. The third kappa shape index (κ3) is 5.15. The van der Waals surface area contributed by atoms with E-state index >= 15 is 0 Å². The lowest BCUT2D eigenvalue weighted by Crippen LogP contribution is -2.25. The molecule has 2 N–H and O–H groups in total. The van der Waals surface area contributed by atoms with Crippen molar-refractivity contribution in [3.63, 3.8) is 0 Å². The van der Waals surface area contributed by atoms with Crippen LogP contribution in [0.2, 0.25) is 0 Å². The van der Waals surface area contributed by atoms with Crippen LogP contribution in [-0.4, -0.2) is 48.0 Å². The molecule has 10 heteroatoms. The monoisotopic (exact) mass is 515 g/mol. The molecule has 3 heterocycles. The summed E-state index contributed by atoms with van der Waals surface area (Å²) in [4.78, 5) is 22.9. The highest BCUT2D eigenvalue weighted by atomic mass is 32.2. The number of benzene rings is 2. The average Bonchev–Trinajstić information content (AvgIpc) is 3.49. The number of methoxy groups -OCH3 is 1. The number of anilines is 1. The number of thioether (sulfide) groups is 1. The van der Waals surface area contributed by atoms with Crippen molar-refractivity contribution in [2.45, 2.75) is 50.4 Å². The average molecular weight is 516 g/mol. The molecule has 190 valence electrons. The molecule has 5 rings (SSSR count). The zero-order valence-electron chi connectivity index (χ0n) is 21.3. The first-order chi connectivity index (χ1) is 18.0. The normalized spacial score (nSPS) is 12.2. The van der Waals surface area contributed by atoms with Gasteiger partial charge in [-0.1, -0.05) is 30.8 Å². The predicted molar refractivity (Wildman–Crippen MR) is 145 cm³/mol. The van der Waals surface area contributed by atoms with Gasteiger partial charge in [0.1, 0.15) is 5.75 Å². The molecule has 2 aromatic carbocycles. The van der Waals surface area contributed by atoms with E-state index in [0.717, 1.165) is 45.9 Å². The summed E-state index contributed by atoms with van der Waals surface area (Å²) in [6, 6.07) is 15.2. The minimum atomic E-state index is -0.358. The first-order valence-electron chi connectivity index (χ1n) is 12.2. The smallest absolute Gasteiger partial charge is 0.237 e. The number of aryl methyl sites for hydroxylation is 3. The van der Waals surface area contributed by atoms with E-state index in [9.17, 15) is 4.79 Å². The lowest BCUT2D eigenvalue weighted by Gasteiger charge is -2.15. The Kier molecular flexibility index (Phi) is 7.09. The van der Waals surface area contributed by atoms with Crippen molar-refractivity contribution in [1.29, 1.82) is 0 Å². The topological polar surface area (TPSA) is 110 Å². The maximum atomic E-state index is 13.2. The molecule has 0 bridgehead atoms. The number of fused-ring (bicyclic) bond motifs is 3. The van der Waals surface area contributed by atoms with Crippen LogP contribution in [0.5, 0.6) is 5.75 Å². The number of rotatable bonds is 9. The maximum Gasteiger partial charge on any atom is 0.237 e. The zero-order valence-corrected chi connectivity index (χ0v) is 22.1. The molecule has 0 aliphatic rings. The summed E-state index contributed by atoms with van der Waals surface area (Å²) in [7, 11) is 1.61. The Labute approximate surface area is 219 Å². The van der Waals surface area contributed by atoms with Gasteiger partial charge in [-0.05, 0) is 68.7 Å². The third-order valence-corrected chi connectivity index (χ3v) is 7.65. The summed E-state index contributed by atoms with van der Waals surface area (Å²) >= 11 is 1.40. The van der Waals surface area contributed by atoms with Crippen molar-refractivity contribution >= 4 is 39.9 Å². The van der Waals surface area contributed by atoms with Gasteiger partial charge < -0.3 is 10.1 Å². The van der Waals surface area contributed by atoms with Gasteiger partial charge in [0, 0.05) is 23.2 Å². The first-order valence-corrected chi connectivity index (χ1v) is 13.1. The summed E-state index contributed by atoms with van der Waals surface area (Å²) in [5.41, 5.74) is 5.54. The quantitative estimate of drug-likeness (QED) is 0.212. The van der Waals surface area contributed by atoms with Gasteiger partial charge in [0.2, 0.25) is 5.91 Å². The molecular weight excluding hydrogens is 486 g/mol. The number of hydrogen-bond acceptors (Lipinski definition) is 7. The number of carbonyl (C=O) groups is 1. The Balaban J connectivity index is 1.43. The van der Waals surface area contributed by atoms with E-state index in [2.05, 4.69) is 15.5 Å². The van der Waals surface area contributed by atoms with Crippen molar-refractivity contribution in [2.75, 3.05) is 12.4 Å². The standard InChI is InChI=1S/C27H29N7O2S/c1-5-23(26(35)28-18-10-12-19(36-4)13-11-18)37-27-29-22-9-7-6-8-21(22)25-30-24(33-34(25)27)15-14-20-16(2)31-32-17(20)3/h6-13,23H,5,14-15H2,1-4H3,(H,28,35)(H,31,32)/t23-/m0/s1. The number of ether oxygens (including phenoxy) is 1.